The predicted molar refractivity (Wildman–Crippen MR) is 103 cm³/mol. The molecule has 1 N–H and O–H groups in total. The molecular formula is C20H26N6O2. The number of aromatic nitrogens is 4. The number of hydrogen-bond donors (Lipinski definition) is 1. The summed E-state index contributed by atoms with van der Waals surface area (Å²) in [7, 11) is 0. The molecule has 2 fully saturated rings. The zero-order valence-corrected chi connectivity index (χ0v) is 16.2. The van der Waals surface area contributed by atoms with Crippen LogP contribution < -0.4 is 0 Å². The summed E-state index contributed by atoms with van der Waals surface area (Å²) < 4.78 is 0. The van der Waals surface area contributed by atoms with Crippen LogP contribution in [-0.4, -0.2) is 67.7 Å². The van der Waals surface area contributed by atoms with E-state index in [-0.39, 0.29) is 17.7 Å². The number of hydrogen-bond acceptors (Lipinski definition) is 5. The Morgan fingerprint density at radius 1 is 1.00 bits per heavy atom. The summed E-state index contributed by atoms with van der Waals surface area (Å²) in [6.07, 6.45) is 9.64. The van der Waals surface area contributed by atoms with Crippen LogP contribution in [0.5, 0.6) is 0 Å². The van der Waals surface area contributed by atoms with Gasteiger partial charge in [0.2, 0.25) is 0 Å². The number of rotatable bonds is 3. The quantitative estimate of drug-likeness (QED) is 0.878. The third-order valence-electron chi connectivity index (χ3n) is 5.71. The molecule has 8 heteroatoms. The Bertz CT molecular complexity index is 836. The van der Waals surface area contributed by atoms with Gasteiger partial charge < -0.3 is 14.8 Å². The van der Waals surface area contributed by atoms with Gasteiger partial charge in [0.15, 0.2) is 0 Å². The van der Waals surface area contributed by atoms with Crippen molar-refractivity contribution in [3.05, 3.63) is 41.5 Å². The molecule has 148 valence electrons. The van der Waals surface area contributed by atoms with Crippen LogP contribution in [0, 0.1) is 6.92 Å². The number of piperidine rings is 2. The average molecular weight is 382 g/mol. The molecule has 0 unspecified atom stereocenters. The van der Waals surface area contributed by atoms with Crippen LogP contribution in [0.1, 0.15) is 70.4 Å². The number of likely N-dealkylation sites (tertiary alicyclic amines) is 2. The lowest BCUT2D eigenvalue weighted by Gasteiger charge is -2.33. The fourth-order valence-electron chi connectivity index (χ4n) is 4.13. The average Bonchev–Trinajstić information content (AvgIpc) is 3.28. The van der Waals surface area contributed by atoms with Crippen LogP contribution >= 0.6 is 0 Å². The zero-order chi connectivity index (χ0) is 19.5. The molecule has 2 aliphatic heterocycles. The maximum Gasteiger partial charge on any atom is 0.271 e. The second-order valence-electron chi connectivity index (χ2n) is 7.60. The summed E-state index contributed by atoms with van der Waals surface area (Å²) >= 11 is 0. The first-order valence-corrected chi connectivity index (χ1v) is 10.0. The van der Waals surface area contributed by atoms with Gasteiger partial charge in [-0.3, -0.25) is 9.59 Å². The number of aromatic amines is 1. The van der Waals surface area contributed by atoms with Gasteiger partial charge in [-0.1, -0.05) is 0 Å². The van der Waals surface area contributed by atoms with E-state index in [1.165, 1.54) is 12.7 Å². The van der Waals surface area contributed by atoms with Gasteiger partial charge >= 0.3 is 0 Å². The Kier molecular flexibility index (Phi) is 5.36. The molecule has 0 atom stereocenters. The van der Waals surface area contributed by atoms with Crippen molar-refractivity contribution >= 4 is 11.8 Å². The van der Waals surface area contributed by atoms with Crippen molar-refractivity contribution in [2.75, 3.05) is 26.2 Å². The SMILES string of the molecule is Cc1ncc(C(=O)N2CCCCC2)c(C2CCN(C(=O)c3cnc[nH]3)CC2)n1. The molecule has 2 aromatic rings. The van der Waals surface area contributed by atoms with Crippen molar-refractivity contribution in [3.63, 3.8) is 0 Å². The van der Waals surface area contributed by atoms with Gasteiger partial charge in [-0.15, -0.1) is 0 Å². The standard InChI is InChI=1S/C20H26N6O2/c1-14-22-11-16(19(27)25-7-3-2-4-8-25)18(24-14)15-5-9-26(10-6-15)20(28)17-12-21-13-23-17/h11-13,15H,2-10H2,1H3,(H,21,23). The van der Waals surface area contributed by atoms with Gasteiger partial charge in [0, 0.05) is 38.3 Å². The van der Waals surface area contributed by atoms with Crippen LogP contribution in [0.3, 0.4) is 0 Å². The second-order valence-corrected chi connectivity index (χ2v) is 7.60. The summed E-state index contributed by atoms with van der Waals surface area (Å²) in [5.74, 6) is 0.863. The molecule has 4 rings (SSSR count). The van der Waals surface area contributed by atoms with Crippen LogP contribution in [0.25, 0.3) is 0 Å². The molecule has 2 aliphatic rings. The highest BCUT2D eigenvalue weighted by Gasteiger charge is 2.30. The molecule has 0 bridgehead atoms. The summed E-state index contributed by atoms with van der Waals surface area (Å²) in [5, 5.41) is 0. The Labute approximate surface area is 164 Å². The lowest BCUT2D eigenvalue weighted by molar-refractivity contribution is 0.0692. The zero-order valence-electron chi connectivity index (χ0n) is 16.2. The molecule has 2 saturated heterocycles. The molecule has 0 spiro atoms. The smallest absolute Gasteiger partial charge is 0.271 e. The Balaban J connectivity index is 1.49. The minimum absolute atomic E-state index is 0.0283. The Hall–Kier alpha value is -2.77. The molecule has 2 aromatic heterocycles. The van der Waals surface area contributed by atoms with Crippen molar-refractivity contribution in [3.8, 4) is 0 Å². The third kappa shape index (κ3) is 3.76. The third-order valence-corrected chi connectivity index (χ3v) is 5.71. The van der Waals surface area contributed by atoms with Gasteiger partial charge in [0.25, 0.3) is 11.8 Å². The van der Waals surface area contributed by atoms with Gasteiger partial charge in [-0.2, -0.15) is 0 Å². The number of carbonyl (C=O) groups is 2. The molecule has 2 amide bonds. The number of carbonyl (C=O) groups excluding carboxylic acids is 2. The van der Waals surface area contributed by atoms with Gasteiger partial charge in [-0.25, -0.2) is 15.0 Å². The van der Waals surface area contributed by atoms with Crippen molar-refractivity contribution in [2.45, 2.75) is 44.9 Å². The minimum atomic E-state index is -0.0283. The van der Waals surface area contributed by atoms with Crippen molar-refractivity contribution in [2.24, 2.45) is 0 Å². The maximum absolute atomic E-state index is 13.1. The van der Waals surface area contributed by atoms with E-state index in [0.29, 0.717) is 30.2 Å². The minimum Gasteiger partial charge on any atom is -0.341 e. The van der Waals surface area contributed by atoms with Crippen molar-refractivity contribution in [1.82, 2.24) is 29.7 Å². The van der Waals surface area contributed by atoms with E-state index in [9.17, 15) is 9.59 Å². The van der Waals surface area contributed by atoms with Gasteiger partial charge in [-0.05, 0) is 39.0 Å². The van der Waals surface area contributed by atoms with Crippen LogP contribution in [-0.2, 0) is 0 Å². The fraction of sp³-hybridized carbons (Fsp3) is 0.550. The largest absolute Gasteiger partial charge is 0.341 e. The molecular weight excluding hydrogens is 356 g/mol. The first kappa shape index (κ1) is 18.6. The number of amides is 2. The first-order valence-electron chi connectivity index (χ1n) is 10.0. The normalized spacial score (nSPS) is 18.3. The lowest BCUT2D eigenvalue weighted by Crippen LogP contribution is -2.39. The molecule has 0 saturated carbocycles. The number of aryl methyl sites for hydroxylation is 1. The molecule has 0 aliphatic carbocycles. The topological polar surface area (TPSA) is 95.1 Å². The summed E-state index contributed by atoms with van der Waals surface area (Å²) in [6, 6.07) is 0. The molecule has 4 heterocycles. The highest BCUT2D eigenvalue weighted by Crippen LogP contribution is 2.30. The monoisotopic (exact) mass is 382 g/mol. The van der Waals surface area contributed by atoms with Crippen molar-refractivity contribution < 1.29 is 9.59 Å². The molecule has 8 nitrogen and oxygen atoms in total. The van der Waals surface area contributed by atoms with E-state index >= 15 is 0 Å². The number of imidazole rings is 1. The van der Waals surface area contributed by atoms with Gasteiger partial charge in [0.1, 0.15) is 11.5 Å². The van der Waals surface area contributed by atoms with Crippen molar-refractivity contribution in [1.29, 1.82) is 0 Å². The predicted octanol–water partition coefficient (Wildman–Crippen LogP) is 2.15. The van der Waals surface area contributed by atoms with Gasteiger partial charge in [0.05, 0.1) is 23.8 Å². The van der Waals surface area contributed by atoms with E-state index in [1.54, 1.807) is 12.4 Å². The lowest BCUT2D eigenvalue weighted by atomic mass is 9.90. The van der Waals surface area contributed by atoms with Crippen LogP contribution in [0.4, 0.5) is 0 Å². The summed E-state index contributed by atoms with van der Waals surface area (Å²) in [5.41, 5.74) is 1.99. The van der Waals surface area contributed by atoms with E-state index < -0.39 is 0 Å². The summed E-state index contributed by atoms with van der Waals surface area (Å²) in [4.78, 5) is 45.1. The summed E-state index contributed by atoms with van der Waals surface area (Å²) in [6.45, 7) is 4.76. The fourth-order valence-corrected chi connectivity index (χ4v) is 4.13. The second kappa shape index (κ2) is 8.08. The van der Waals surface area contributed by atoms with E-state index in [1.807, 2.05) is 16.7 Å². The van der Waals surface area contributed by atoms with Crippen LogP contribution in [0.2, 0.25) is 0 Å². The molecule has 28 heavy (non-hydrogen) atoms. The maximum atomic E-state index is 13.1. The van der Waals surface area contributed by atoms with E-state index in [0.717, 1.165) is 44.5 Å². The highest BCUT2D eigenvalue weighted by molar-refractivity contribution is 5.95. The Morgan fingerprint density at radius 3 is 2.39 bits per heavy atom. The van der Waals surface area contributed by atoms with Crippen LogP contribution in [0.15, 0.2) is 18.7 Å². The number of nitrogens with one attached hydrogen (secondary N) is 1. The first-order chi connectivity index (χ1) is 13.6. The number of H-pyrrole nitrogens is 1. The molecule has 0 aromatic carbocycles. The highest BCUT2D eigenvalue weighted by atomic mass is 16.2. The Morgan fingerprint density at radius 2 is 1.71 bits per heavy atom. The van der Waals surface area contributed by atoms with E-state index in [2.05, 4.69) is 19.9 Å². The molecule has 0 radical (unpaired) electrons. The van der Waals surface area contributed by atoms with E-state index in [4.69, 9.17) is 0 Å². The number of nitrogens with zero attached hydrogens (tertiary/aromatic N) is 5.